The molecule has 1 unspecified atom stereocenters. The average Bonchev–Trinajstić information content (AvgIpc) is 2.62. The smallest absolute Gasteiger partial charge is 0.212 e. The molecule has 0 fully saturated rings. The highest BCUT2D eigenvalue weighted by molar-refractivity contribution is 6.20. The van der Waals surface area contributed by atoms with Crippen molar-refractivity contribution in [1.82, 2.24) is 4.98 Å². The molecule has 0 aliphatic carbocycles. The van der Waals surface area contributed by atoms with E-state index in [1.165, 1.54) is 12.1 Å². The zero-order valence-corrected chi connectivity index (χ0v) is 9.75. The summed E-state index contributed by atoms with van der Waals surface area (Å²) in [5, 5.41) is -0.270. The number of aromatic nitrogens is 1. The largest absolute Gasteiger partial charge is 0.439 e. The lowest BCUT2D eigenvalue weighted by Crippen LogP contribution is -1.82. The maximum atomic E-state index is 12.8. The second-order valence-corrected chi connectivity index (χ2v) is 4.24. The Hall–Kier alpha value is -1.35. The quantitative estimate of drug-likeness (QED) is 0.738. The van der Waals surface area contributed by atoms with E-state index in [4.69, 9.17) is 16.0 Å². The third-order valence-electron chi connectivity index (χ3n) is 2.26. The lowest BCUT2D eigenvalue weighted by molar-refractivity contribution is 0.507. The van der Waals surface area contributed by atoms with Crippen molar-refractivity contribution >= 4 is 11.6 Å². The van der Waals surface area contributed by atoms with Gasteiger partial charge in [0.2, 0.25) is 5.89 Å². The van der Waals surface area contributed by atoms with E-state index in [2.05, 4.69) is 4.98 Å². The van der Waals surface area contributed by atoms with Gasteiger partial charge in [-0.2, -0.15) is 0 Å². The van der Waals surface area contributed by atoms with Crippen LogP contribution in [0.15, 0.2) is 28.7 Å². The van der Waals surface area contributed by atoms with Gasteiger partial charge >= 0.3 is 0 Å². The molecule has 1 atom stereocenters. The fourth-order valence-corrected chi connectivity index (χ4v) is 1.55. The molecule has 16 heavy (non-hydrogen) atoms. The van der Waals surface area contributed by atoms with Crippen molar-refractivity contribution in [2.24, 2.45) is 0 Å². The average molecular weight is 240 g/mol. The number of halogens is 2. The monoisotopic (exact) mass is 239 g/mol. The van der Waals surface area contributed by atoms with Gasteiger partial charge in [0.1, 0.15) is 11.2 Å². The van der Waals surface area contributed by atoms with E-state index in [1.807, 2.05) is 6.92 Å². The highest BCUT2D eigenvalue weighted by Crippen LogP contribution is 2.28. The van der Waals surface area contributed by atoms with Crippen LogP contribution in [0.4, 0.5) is 4.39 Å². The second-order valence-electron chi connectivity index (χ2n) is 3.59. The van der Waals surface area contributed by atoms with E-state index in [0.29, 0.717) is 11.7 Å². The molecule has 0 saturated heterocycles. The van der Waals surface area contributed by atoms with Crippen LogP contribution >= 0.6 is 11.6 Å². The number of aryl methyl sites for hydroxylation is 1. The lowest BCUT2D eigenvalue weighted by atomic mass is 10.1. The molecular formula is C12H11ClFNO. The third kappa shape index (κ3) is 2.09. The Kier molecular flexibility index (Phi) is 2.97. The summed E-state index contributed by atoms with van der Waals surface area (Å²) in [6.07, 6.45) is 0. The molecule has 1 aromatic carbocycles. The fraction of sp³-hybridized carbons (Fsp3) is 0.250. The van der Waals surface area contributed by atoms with Crippen LogP contribution in [0.1, 0.15) is 23.9 Å². The van der Waals surface area contributed by atoms with Gasteiger partial charge in [0.05, 0.1) is 5.69 Å². The topological polar surface area (TPSA) is 26.0 Å². The fourth-order valence-electron chi connectivity index (χ4n) is 1.46. The van der Waals surface area contributed by atoms with Gasteiger partial charge in [0, 0.05) is 5.56 Å². The molecule has 0 spiro atoms. The zero-order valence-electron chi connectivity index (χ0n) is 9.00. The van der Waals surface area contributed by atoms with Crippen molar-refractivity contribution in [3.05, 3.63) is 41.7 Å². The van der Waals surface area contributed by atoms with Gasteiger partial charge in [-0.1, -0.05) is 0 Å². The maximum absolute atomic E-state index is 12.8. The molecular weight excluding hydrogens is 229 g/mol. The van der Waals surface area contributed by atoms with Crippen molar-refractivity contribution in [2.75, 3.05) is 0 Å². The van der Waals surface area contributed by atoms with Gasteiger partial charge in [-0.15, -0.1) is 11.6 Å². The van der Waals surface area contributed by atoms with Crippen LogP contribution in [0, 0.1) is 12.7 Å². The summed E-state index contributed by atoms with van der Waals surface area (Å²) in [7, 11) is 0. The van der Waals surface area contributed by atoms with E-state index in [1.54, 1.807) is 19.1 Å². The van der Waals surface area contributed by atoms with Crippen molar-refractivity contribution in [3.63, 3.8) is 0 Å². The molecule has 84 valence electrons. The minimum atomic E-state index is -0.271. The summed E-state index contributed by atoms with van der Waals surface area (Å²) in [4.78, 5) is 4.22. The Bertz CT molecular complexity index is 490. The van der Waals surface area contributed by atoms with E-state index in [0.717, 1.165) is 11.3 Å². The first-order chi connectivity index (χ1) is 7.58. The van der Waals surface area contributed by atoms with Crippen LogP contribution in [-0.4, -0.2) is 4.98 Å². The van der Waals surface area contributed by atoms with Crippen molar-refractivity contribution in [2.45, 2.75) is 19.2 Å². The molecule has 0 radical (unpaired) electrons. The van der Waals surface area contributed by atoms with Crippen molar-refractivity contribution in [3.8, 4) is 11.3 Å². The SMILES string of the molecule is Cc1nc(C(C)Cl)oc1-c1ccc(F)cc1. The molecule has 2 aromatic rings. The zero-order chi connectivity index (χ0) is 11.7. The standard InChI is InChI=1S/C12H11ClFNO/c1-7(13)12-15-8(2)11(16-12)9-3-5-10(14)6-4-9/h3-7H,1-2H3. The van der Waals surface area contributed by atoms with E-state index in [9.17, 15) is 4.39 Å². The Balaban J connectivity index is 2.44. The first kappa shape index (κ1) is 11.1. The number of nitrogens with zero attached hydrogens (tertiary/aromatic N) is 1. The van der Waals surface area contributed by atoms with Crippen LogP contribution in [0.3, 0.4) is 0 Å². The Morgan fingerprint density at radius 2 is 1.94 bits per heavy atom. The molecule has 2 rings (SSSR count). The van der Waals surface area contributed by atoms with Gasteiger partial charge in [-0.25, -0.2) is 9.37 Å². The summed E-state index contributed by atoms with van der Waals surface area (Å²) >= 11 is 5.88. The van der Waals surface area contributed by atoms with Crippen LogP contribution in [0.5, 0.6) is 0 Å². The van der Waals surface area contributed by atoms with Crippen molar-refractivity contribution in [1.29, 1.82) is 0 Å². The number of hydrogen-bond acceptors (Lipinski definition) is 2. The minimum Gasteiger partial charge on any atom is -0.439 e. The highest BCUT2D eigenvalue weighted by Gasteiger charge is 2.14. The Morgan fingerprint density at radius 3 is 2.44 bits per heavy atom. The van der Waals surface area contributed by atoms with Gasteiger partial charge < -0.3 is 4.42 Å². The van der Waals surface area contributed by atoms with E-state index in [-0.39, 0.29) is 11.2 Å². The van der Waals surface area contributed by atoms with Crippen LogP contribution < -0.4 is 0 Å². The summed E-state index contributed by atoms with van der Waals surface area (Å²) in [6, 6.07) is 6.10. The first-order valence-electron chi connectivity index (χ1n) is 4.95. The summed E-state index contributed by atoms with van der Waals surface area (Å²) in [5.74, 6) is 0.854. The van der Waals surface area contributed by atoms with Gasteiger partial charge in [0.15, 0.2) is 5.76 Å². The molecule has 0 saturated carbocycles. The number of benzene rings is 1. The van der Waals surface area contributed by atoms with E-state index < -0.39 is 0 Å². The number of oxazole rings is 1. The maximum Gasteiger partial charge on any atom is 0.212 e. The van der Waals surface area contributed by atoms with Gasteiger partial charge in [-0.05, 0) is 38.1 Å². The molecule has 4 heteroatoms. The Labute approximate surface area is 98.1 Å². The Morgan fingerprint density at radius 1 is 1.31 bits per heavy atom. The molecule has 1 heterocycles. The van der Waals surface area contributed by atoms with Gasteiger partial charge in [0.25, 0.3) is 0 Å². The van der Waals surface area contributed by atoms with Crippen LogP contribution in [0.2, 0.25) is 0 Å². The summed E-state index contributed by atoms with van der Waals surface area (Å²) < 4.78 is 18.3. The molecule has 0 bridgehead atoms. The second kappa shape index (κ2) is 4.26. The number of rotatable bonds is 2. The molecule has 0 aliphatic rings. The molecule has 0 N–H and O–H groups in total. The minimum absolute atomic E-state index is 0.270. The highest BCUT2D eigenvalue weighted by atomic mass is 35.5. The van der Waals surface area contributed by atoms with Crippen LogP contribution in [-0.2, 0) is 0 Å². The summed E-state index contributed by atoms with van der Waals surface area (Å²) in [5.41, 5.74) is 1.56. The predicted molar refractivity (Wildman–Crippen MR) is 60.9 cm³/mol. The molecule has 0 amide bonds. The lowest BCUT2D eigenvalue weighted by Gasteiger charge is -1.97. The normalized spacial score (nSPS) is 12.8. The van der Waals surface area contributed by atoms with Gasteiger partial charge in [-0.3, -0.25) is 0 Å². The predicted octanol–water partition coefficient (Wildman–Crippen LogP) is 4.09. The van der Waals surface area contributed by atoms with E-state index >= 15 is 0 Å². The van der Waals surface area contributed by atoms with Crippen LogP contribution in [0.25, 0.3) is 11.3 Å². The first-order valence-corrected chi connectivity index (χ1v) is 5.39. The molecule has 2 nitrogen and oxygen atoms in total. The molecule has 1 aromatic heterocycles. The van der Waals surface area contributed by atoms with Crippen molar-refractivity contribution < 1.29 is 8.81 Å². The summed E-state index contributed by atoms with van der Waals surface area (Å²) in [6.45, 7) is 3.63. The molecule has 0 aliphatic heterocycles. The number of hydrogen-bond donors (Lipinski definition) is 0. The third-order valence-corrected chi connectivity index (χ3v) is 2.45. The number of alkyl halides is 1.